The number of cyclic esters (lactones) is 1. The van der Waals surface area contributed by atoms with Gasteiger partial charge in [-0.3, -0.25) is 62.3 Å². The van der Waals surface area contributed by atoms with Crippen LogP contribution in [0.1, 0.15) is 176 Å². The van der Waals surface area contributed by atoms with E-state index < -0.39 is 318 Å². The second-order valence-corrected chi connectivity index (χ2v) is 34.8. The number of hydrogen-bond donors (Lipinski definition) is 24. The van der Waals surface area contributed by atoms with Crippen LogP contribution in [0.3, 0.4) is 0 Å². The lowest BCUT2D eigenvalue weighted by Gasteiger charge is -2.46. The number of esters is 3. The molecule has 0 radical (unpaired) electrons. The van der Waals surface area contributed by atoms with E-state index in [0.29, 0.717) is 30.8 Å². The van der Waals surface area contributed by atoms with Gasteiger partial charge in [-0.25, -0.2) is 4.79 Å². The van der Waals surface area contributed by atoms with Gasteiger partial charge in [0, 0.05) is 53.7 Å². The summed E-state index contributed by atoms with van der Waals surface area (Å²) in [7, 11) is 0.979. The van der Waals surface area contributed by atoms with Crippen molar-refractivity contribution in [2.24, 2.45) is 5.73 Å². The van der Waals surface area contributed by atoms with Crippen molar-refractivity contribution in [1.29, 1.82) is 0 Å². The second kappa shape index (κ2) is 58.1. The number of aliphatic hydroxyl groups excluding tert-OH is 12. The van der Waals surface area contributed by atoms with Crippen molar-refractivity contribution in [2.45, 2.75) is 355 Å². The first-order chi connectivity index (χ1) is 65.7. The number of nitrogens with one attached hydrogen (secondary N) is 9. The highest BCUT2D eigenvalue weighted by atomic mass is 16.7. The molecule has 29 atom stereocenters. The Hall–Kier alpha value is -10.4. The molecule has 2 aromatic carbocycles. The minimum absolute atomic E-state index is 0.112. The predicted molar refractivity (Wildman–Crippen MR) is 479 cm³/mol. The highest BCUT2D eigenvalue weighted by Crippen LogP contribution is 2.32. The van der Waals surface area contributed by atoms with Crippen molar-refractivity contribution in [2.75, 3.05) is 40.0 Å². The zero-order valence-electron chi connectivity index (χ0n) is 79.3. The third-order valence-electron chi connectivity index (χ3n) is 23.5. The summed E-state index contributed by atoms with van der Waals surface area (Å²) in [5.74, 6) is -18.0. The van der Waals surface area contributed by atoms with Crippen LogP contribution in [0.4, 0.5) is 0 Å². The third-order valence-corrected chi connectivity index (χ3v) is 23.5. The number of carbonyl (C=O) groups is 14. The lowest BCUT2D eigenvalue weighted by atomic mass is 9.96. The summed E-state index contributed by atoms with van der Waals surface area (Å²) >= 11 is 0. The van der Waals surface area contributed by atoms with E-state index >= 15 is 19.2 Å². The number of amides is 11. The molecule has 0 aliphatic carbocycles. The smallest absolute Gasteiger partial charge is 0.329 e. The molecule has 25 N–H and O–H groups in total. The van der Waals surface area contributed by atoms with Crippen LogP contribution in [0.15, 0.2) is 60.3 Å². The number of phenolic OH excluding ortho intramolecular Hbond substituents is 2. The third kappa shape index (κ3) is 36.9. The summed E-state index contributed by atoms with van der Waals surface area (Å²) in [4.78, 5) is 199. The molecule has 49 nitrogen and oxygen atoms in total. The number of hydrogen-bond acceptors (Lipinski definition) is 38. The van der Waals surface area contributed by atoms with Gasteiger partial charge in [0.1, 0.15) is 139 Å². The average Bonchev–Trinajstić information content (AvgIpc) is 0.789. The number of unbranched alkanes of at least 4 members (excludes halogenated alkanes) is 10. The normalized spacial score (nSPS) is 30.1. The number of likely N-dealkylation sites (N-methyl/N-ethyl adjacent to an activating group) is 1. The molecule has 5 saturated heterocycles. The van der Waals surface area contributed by atoms with Gasteiger partial charge in [0.25, 0.3) is 11.8 Å². The minimum Gasteiger partial charge on any atom is -0.508 e. The van der Waals surface area contributed by atoms with Crippen LogP contribution in [0, 0.1) is 0 Å². The maximum Gasteiger partial charge on any atom is 0.329 e. The Morgan fingerprint density at radius 1 is 0.626 bits per heavy atom. The number of benzene rings is 2. The monoisotopic (exact) mass is 1980 g/mol. The van der Waals surface area contributed by atoms with E-state index in [-0.39, 0.29) is 35.5 Å². The number of ether oxygens (including phenoxy) is 10. The van der Waals surface area contributed by atoms with E-state index in [1.807, 2.05) is 0 Å². The van der Waals surface area contributed by atoms with Crippen molar-refractivity contribution in [3.63, 3.8) is 0 Å². The molecular weight excluding hydrogens is 1840 g/mol. The van der Waals surface area contributed by atoms with E-state index in [1.165, 1.54) is 55.5 Å². The van der Waals surface area contributed by atoms with Crippen LogP contribution in [-0.2, 0) is 127 Å². The number of nitrogens with zero attached hydrogens (tertiary/aromatic N) is 1. The number of allylic oxidation sites excluding steroid dienone is 1. The Balaban J connectivity index is 0.00000351. The van der Waals surface area contributed by atoms with Gasteiger partial charge in [0.15, 0.2) is 37.4 Å². The lowest BCUT2D eigenvalue weighted by Crippen LogP contribution is -2.67. The van der Waals surface area contributed by atoms with Gasteiger partial charge < -0.3 is 177 Å². The molecule has 5 fully saturated rings. The highest BCUT2D eigenvalue weighted by Gasteiger charge is 2.53. The average molecular weight is 1980 g/mol. The summed E-state index contributed by atoms with van der Waals surface area (Å²) in [6, 6.07) is -6.46. The van der Waals surface area contributed by atoms with Crippen molar-refractivity contribution < 1.29 is 186 Å². The Kier molecular flexibility index (Phi) is 49.0. The molecule has 49 heteroatoms. The largest absolute Gasteiger partial charge is 0.508 e. The number of nitrogens with two attached hydrogens (primary N) is 1. The lowest BCUT2D eigenvalue weighted by molar-refractivity contribution is -0.339. The SMILES string of the molecule is CC=C1NC(=O)[C@@H](Cc2ccc(O)cc2)NC(=O)[C@@H]([C@@H](C)O)NC(=O)C(NC(=O)C(NC(=O)C(O)C(CCCCCCCCCCCCC)O[C@@H]2OC[C@@H](O)[C@@H](O[C@@H]3O[C@H](CO)[C@@H](O)[C@H](O)[C@H]3NC(C)=O)[C@@H]2O)C(C)O)C(C)OC(=O)[C@H](Cc2ccc(O)cc2)NC(=O)C(C(C)O[C@H]2O[C@H](COC(C)=O)[C@@H](OC(C)=O)[C@H](O)[C@@H]2O)N(C)C(=O)CNC(=O)[C@@H](CCC(N)=O)NC1=O.O[C@@H]1OCCC[C@@H]1O. The Bertz CT molecular complexity index is 4340. The van der Waals surface area contributed by atoms with Gasteiger partial charge in [-0.05, 0) is 95.7 Å². The fourth-order valence-electron chi connectivity index (χ4n) is 15.6. The van der Waals surface area contributed by atoms with E-state index in [0.717, 1.165) is 119 Å². The molecule has 0 bridgehead atoms. The Morgan fingerprint density at radius 2 is 1.22 bits per heavy atom. The van der Waals surface area contributed by atoms with Crippen molar-refractivity contribution in [3.05, 3.63) is 71.4 Å². The molecule has 0 spiro atoms. The van der Waals surface area contributed by atoms with E-state index in [1.54, 1.807) is 0 Å². The summed E-state index contributed by atoms with van der Waals surface area (Å²) in [6.45, 7) is 7.55. The summed E-state index contributed by atoms with van der Waals surface area (Å²) in [6.07, 6.45) is -28.8. The maximum absolute atomic E-state index is 15.5. The number of aliphatic hydroxyl groups is 12. The highest BCUT2D eigenvalue weighted by molar-refractivity contribution is 6.03. The number of rotatable bonds is 38. The number of phenols is 2. The van der Waals surface area contributed by atoms with E-state index in [4.69, 9.17) is 63.3 Å². The van der Waals surface area contributed by atoms with Gasteiger partial charge in [-0.1, -0.05) is 108 Å². The molecule has 8 unspecified atom stereocenters. The van der Waals surface area contributed by atoms with Gasteiger partial charge in [-0.15, -0.1) is 0 Å². The molecule has 0 aromatic heterocycles. The van der Waals surface area contributed by atoms with Crippen molar-refractivity contribution in [3.8, 4) is 11.5 Å². The van der Waals surface area contributed by atoms with E-state index in [2.05, 4.69) is 54.8 Å². The second-order valence-electron chi connectivity index (χ2n) is 34.8. The Morgan fingerprint density at radius 3 is 1.76 bits per heavy atom. The fraction of sp³-hybridized carbons (Fsp3) is 0.689. The summed E-state index contributed by atoms with van der Waals surface area (Å²) in [5, 5.41) is 172. The summed E-state index contributed by atoms with van der Waals surface area (Å²) < 4.78 is 56.6. The number of carbonyl (C=O) groups excluding carboxylic acids is 14. The first kappa shape index (κ1) is 117. The van der Waals surface area contributed by atoms with Gasteiger partial charge in [0.2, 0.25) is 53.2 Å². The molecule has 139 heavy (non-hydrogen) atoms. The Labute approximate surface area is 802 Å². The maximum atomic E-state index is 15.5. The van der Waals surface area contributed by atoms with E-state index in [9.17, 15) is 109 Å². The molecule has 5 aliphatic heterocycles. The van der Waals surface area contributed by atoms with Crippen LogP contribution in [-0.4, -0.2) is 377 Å². The quantitative estimate of drug-likeness (QED) is 0.0129. The molecular formula is C90H139N11O38. The number of aromatic hydroxyl groups is 2. The van der Waals surface area contributed by atoms with Crippen LogP contribution < -0.4 is 53.6 Å². The van der Waals surface area contributed by atoms with Gasteiger partial charge >= 0.3 is 17.9 Å². The number of primary amides is 1. The first-order valence-corrected chi connectivity index (χ1v) is 46.3. The van der Waals surface area contributed by atoms with Crippen LogP contribution in [0.5, 0.6) is 11.5 Å². The fourth-order valence-corrected chi connectivity index (χ4v) is 15.6. The van der Waals surface area contributed by atoms with Crippen LogP contribution in [0.2, 0.25) is 0 Å². The van der Waals surface area contributed by atoms with Gasteiger partial charge in [-0.2, -0.15) is 0 Å². The molecule has 7 rings (SSSR count). The van der Waals surface area contributed by atoms with Crippen molar-refractivity contribution in [1.82, 2.24) is 52.8 Å². The summed E-state index contributed by atoms with van der Waals surface area (Å²) in [5.41, 5.74) is 5.17. The zero-order chi connectivity index (χ0) is 103. The predicted octanol–water partition coefficient (Wildman–Crippen LogP) is -6.60. The zero-order valence-corrected chi connectivity index (χ0v) is 79.3. The molecule has 5 aliphatic rings. The standard InChI is InChI=1S/C85H129N11O35.C5H10O3/c1-11-13-14-15-16-17-18-19-20-21-22-23-56(128-84-71(113)72(55(105)38-124-84)131-83-64(88-44(7)100)68(110)66(108)57(37-97)129-83)67(109)81(121)94-62(41(4)99)78(118)95-63-42(5)125-82(122)54(35-48-26-30-50(104)31-27-48)92-80(120)65(43(6)126-85-70(112)69(111)73(127-46(9)102)58(130-85)39-123-45(8)101)96(10)60(107)36-87-74(114)52(32-33-59(86)106)90-75(115)51(12-2)89-76(116)53(34-47-24-28-49(103)29-25-47)91-77(117)61(40(3)98)93-79(63)119;6-4-2-1-3-8-5(4)7/h12,24-31,40-43,52-58,61-73,83-85,97-99,103-105,108-113H,11,13-23,32-39H2,1-10H3,(H2,86,106)(H,87,114)(H,88,100)(H,89,116)(H,90,115)(H,91,117)(H,92,120)(H,93,119)(H,94,121)(H,95,118);4-7H,1-3H2/t40-,41?,42?,43?,52-,53-,54+,55-,56?,57-,58-,61-,62?,63?,64-,65?,66-,67?,68-,69-,70+,71+,72-,73-,83+,84+,85+;4-,5+/m10/s1. The molecule has 782 valence electrons. The van der Waals surface area contributed by atoms with Crippen LogP contribution >= 0.6 is 0 Å². The molecule has 2 aromatic rings. The molecule has 5 heterocycles. The molecule has 11 amide bonds. The minimum atomic E-state index is -2.44. The van der Waals surface area contributed by atoms with Crippen molar-refractivity contribution >= 4 is 82.9 Å². The topological polar surface area (TPSA) is 752 Å². The molecule has 0 saturated carbocycles. The van der Waals surface area contributed by atoms with Gasteiger partial charge in [0.05, 0.1) is 44.2 Å². The first-order valence-electron chi connectivity index (χ1n) is 46.3. The van der Waals surface area contributed by atoms with Crippen LogP contribution in [0.25, 0.3) is 0 Å².